The van der Waals surface area contributed by atoms with Crippen molar-refractivity contribution in [3.05, 3.63) is 82.7 Å². The van der Waals surface area contributed by atoms with Crippen molar-refractivity contribution in [2.45, 2.75) is 39.3 Å². The molecule has 1 aromatic carbocycles. The van der Waals surface area contributed by atoms with Crippen molar-refractivity contribution in [2.24, 2.45) is 5.92 Å². The quantitative estimate of drug-likeness (QED) is 0.359. The minimum atomic E-state index is -0.0397. The predicted octanol–water partition coefficient (Wildman–Crippen LogP) is 4.89. The fraction of sp³-hybridized carbons (Fsp3) is 0.357. The number of aromatic nitrogens is 4. The Balaban J connectivity index is 1.26. The second kappa shape index (κ2) is 10.7. The van der Waals surface area contributed by atoms with Crippen molar-refractivity contribution in [2.75, 3.05) is 20.2 Å². The number of ether oxygens (including phenoxy) is 1. The number of hydrogen-bond acceptors (Lipinski definition) is 7. The van der Waals surface area contributed by atoms with Crippen LogP contribution in [0.4, 0.5) is 0 Å². The van der Waals surface area contributed by atoms with Gasteiger partial charge in [-0.15, -0.1) is 0 Å². The van der Waals surface area contributed by atoms with Crippen LogP contribution in [0.25, 0.3) is 21.8 Å². The van der Waals surface area contributed by atoms with Crippen LogP contribution >= 0.6 is 11.5 Å². The Morgan fingerprint density at radius 1 is 1.11 bits per heavy atom. The van der Waals surface area contributed by atoms with Gasteiger partial charge in [-0.25, -0.2) is 9.97 Å². The zero-order chi connectivity index (χ0) is 25.1. The third kappa shape index (κ3) is 5.71. The number of aryl methyl sites for hydroxylation is 1. The first-order valence-electron chi connectivity index (χ1n) is 12.3. The highest BCUT2D eigenvalue weighted by atomic mass is 32.1. The number of rotatable bonds is 7. The molecule has 5 rings (SSSR count). The van der Waals surface area contributed by atoms with Gasteiger partial charge >= 0.3 is 0 Å². The number of benzene rings is 1. The van der Waals surface area contributed by atoms with E-state index < -0.39 is 0 Å². The van der Waals surface area contributed by atoms with E-state index in [0.717, 1.165) is 46.6 Å². The Labute approximate surface area is 215 Å². The lowest BCUT2D eigenvalue weighted by Crippen LogP contribution is -2.39. The van der Waals surface area contributed by atoms with Crippen molar-refractivity contribution < 1.29 is 4.74 Å². The second-order valence-electron chi connectivity index (χ2n) is 9.69. The van der Waals surface area contributed by atoms with E-state index in [2.05, 4.69) is 33.2 Å². The maximum atomic E-state index is 12.5. The number of likely N-dealkylation sites (tertiary alicyclic amines) is 1. The summed E-state index contributed by atoms with van der Waals surface area (Å²) in [5.41, 5.74) is 3.85. The minimum Gasteiger partial charge on any atom is -0.490 e. The standard InChI is InChI=1S/C28H31N5O2S/c1-19-11-26(36-31-19)24-7-8-27(34)33(17-24)16-21-5-4-6-23(13-21)28-29-14-25(15-30-28)35-18-22-9-10-32(3)20(2)12-22/h4-8,11,13-15,17,20,22H,9-10,12,16,18H2,1-3H3. The molecule has 0 radical (unpaired) electrons. The minimum absolute atomic E-state index is 0.0397. The summed E-state index contributed by atoms with van der Waals surface area (Å²) >= 11 is 1.44. The van der Waals surface area contributed by atoms with Crippen LogP contribution < -0.4 is 10.3 Å². The largest absolute Gasteiger partial charge is 0.490 e. The fourth-order valence-corrected chi connectivity index (χ4v) is 5.34. The van der Waals surface area contributed by atoms with Gasteiger partial charge < -0.3 is 14.2 Å². The van der Waals surface area contributed by atoms with Crippen LogP contribution in [0.3, 0.4) is 0 Å². The molecule has 0 bridgehead atoms. The molecule has 7 nitrogen and oxygen atoms in total. The molecule has 0 saturated carbocycles. The molecule has 4 heterocycles. The van der Waals surface area contributed by atoms with Crippen LogP contribution in [0, 0.1) is 12.8 Å². The van der Waals surface area contributed by atoms with Gasteiger partial charge in [0.15, 0.2) is 11.6 Å². The molecule has 2 atom stereocenters. The van der Waals surface area contributed by atoms with Crippen molar-refractivity contribution in [1.29, 1.82) is 0 Å². The Morgan fingerprint density at radius 3 is 2.69 bits per heavy atom. The summed E-state index contributed by atoms with van der Waals surface area (Å²) < 4.78 is 12.1. The van der Waals surface area contributed by atoms with Crippen molar-refractivity contribution in [3.63, 3.8) is 0 Å². The van der Waals surface area contributed by atoms with Crippen LogP contribution in [0.5, 0.6) is 5.75 Å². The zero-order valence-corrected chi connectivity index (χ0v) is 21.7. The maximum Gasteiger partial charge on any atom is 0.250 e. The van der Waals surface area contributed by atoms with Gasteiger partial charge in [-0.3, -0.25) is 4.79 Å². The first kappa shape index (κ1) is 24.3. The van der Waals surface area contributed by atoms with Crippen molar-refractivity contribution in [1.82, 2.24) is 23.8 Å². The number of pyridine rings is 1. The molecule has 4 aromatic rings. The average molecular weight is 502 g/mol. The van der Waals surface area contributed by atoms with Crippen LogP contribution in [0.1, 0.15) is 31.0 Å². The summed E-state index contributed by atoms with van der Waals surface area (Å²) in [6, 6.07) is 14.1. The second-order valence-corrected chi connectivity index (χ2v) is 10.5. The molecule has 0 N–H and O–H groups in total. The summed E-state index contributed by atoms with van der Waals surface area (Å²) in [7, 11) is 2.18. The molecular formula is C28H31N5O2S. The first-order chi connectivity index (χ1) is 17.4. The van der Waals surface area contributed by atoms with E-state index in [1.54, 1.807) is 23.0 Å². The highest BCUT2D eigenvalue weighted by Crippen LogP contribution is 2.25. The fourth-order valence-electron chi connectivity index (χ4n) is 4.60. The Bertz CT molecular complexity index is 1380. The topological polar surface area (TPSA) is 73.1 Å². The molecule has 36 heavy (non-hydrogen) atoms. The third-order valence-corrected chi connectivity index (χ3v) is 7.79. The van der Waals surface area contributed by atoms with Crippen LogP contribution in [-0.4, -0.2) is 50.0 Å². The zero-order valence-electron chi connectivity index (χ0n) is 20.9. The van der Waals surface area contributed by atoms with Gasteiger partial charge in [0.25, 0.3) is 5.56 Å². The van der Waals surface area contributed by atoms with E-state index >= 15 is 0 Å². The molecular weight excluding hydrogens is 470 g/mol. The van der Waals surface area contributed by atoms with Gasteiger partial charge in [0.2, 0.25) is 0 Å². The van der Waals surface area contributed by atoms with E-state index in [1.807, 2.05) is 49.5 Å². The molecule has 0 aliphatic carbocycles. The molecule has 1 fully saturated rings. The predicted molar refractivity (Wildman–Crippen MR) is 143 cm³/mol. The molecule has 1 aliphatic rings. The molecule has 8 heteroatoms. The van der Waals surface area contributed by atoms with E-state index in [9.17, 15) is 4.79 Å². The van der Waals surface area contributed by atoms with Gasteiger partial charge in [-0.2, -0.15) is 4.37 Å². The highest BCUT2D eigenvalue weighted by Gasteiger charge is 2.23. The lowest BCUT2D eigenvalue weighted by Gasteiger charge is -2.34. The highest BCUT2D eigenvalue weighted by molar-refractivity contribution is 7.09. The number of hydrogen-bond donors (Lipinski definition) is 0. The van der Waals surface area contributed by atoms with Crippen LogP contribution in [0.15, 0.2) is 65.8 Å². The summed E-state index contributed by atoms with van der Waals surface area (Å²) in [5.74, 6) is 1.90. The number of piperidine rings is 1. The molecule has 1 aliphatic heterocycles. The van der Waals surface area contributed by atoms with E-state index in [0.29, 0.717) is 36.7 Å². The van der Waals surface area contributed by atoms with Crippen LogP contribution in [-0.2, 0) is 6.54 Å². The van der Waals surface area contributed by atoms with Crippen molar-refractivity contribution in [3.8, 4) is 27.6 Å². The summed E-state index contributed by atoms with van der Waals surface area (Å²) in [6.45, 7) is 6.52. The maximum absolute atomic E-state index is 12.5. The first-order valence-corrected chi connectivity index (χ1v) is 13.1. The molecule has 186 valence electrons. The monoisotopic (exact) mass is 501 g/mol. The molecule has 2 unspecified atom stereocenters. The van der Waals surface area contributed by atoms with E-state index in [1.165, 1.54) is 11.5 Å². The summed E-state index contributed by atoms with van der Waals surface area (Å²) in [4.78, 5) is 25.1. The van der Waals surface area contributed by atoms with Gasteiger partial charge in [-0.05, 0) is 81.5 Å². The van der Waals surface area contributed by atoms with E-state index in [4.69, 9.17) is 4.74 Å². The molecule has 0 amide bonds. The molecule has 0 spiro atoms. The summed E-state index contributed by atoms with van der Waals surface area (Å²) in [5, 5.41) is 0. The SMILES string of the molecule is Cc1cc(-c2ccc(=O)n(Cc3cccc(-c4ncc(OCC5CCN(C)C(C)C5)cn4)c3)c2)sn1. The molecule has 1 saturated heterocycles. The Kier molecular flexibility index (Phi) is 7.25. The number of nitrogens with zero attached hydrogens (tertiary/aromatic N) is 5. The van der Waals surface area contributed by atoms with Gasteiger partial charge in [0.05, 0.1) is 36.1 Å². The lowest BCUT2D eigenvalue weighted by atomic mass is 9.93. The van der Waals surface area contributed by atoms with Gasteiger partial charge in [-0.1, -0.05) is 18.2 Å². The van der Waals surface area contributed by atoms with Crippen molar-refractivity contribution >= 4 is 11.5 Å². The third-order valence-electron chi connectivity index (χ3n) is 6.86. The average Bonchev–Trinajstić information content (AvgIpc) is 3.33. The lowest BCUT2D eigenvalue weighted by molar-refractivity contribution is 0.117. The summed E-state index contributed by atoms with van der Waals surface area (Å²) in [6.07, 6.45) is 7.70. The van der Waals surface area contributed by atoms with Gasteiger partial charge in [0.1, 0.15) is 0 Å². The molecule has 3 aromatic heterocycles. The smallest absolute Gasteiger partial charge is 0.250 e. The Morgan fingerprint density at radius 2 is 1.94 bits per heavy atom. The Hall–Kier alpha value is -3.36. The van der Waals surface area contributed by atoms with Crippen LogP contribution in [0.2, 0.25) is 0 Å². The van der Waals surface area contributed by atoms with Gasteiger partial charge in [0, 0.05) is 29.4 Å². The normalized spacial score (nSPS) is 18.3. The van der Waals surface area contributed by atoms with E-state index in [-0.39, 0.29) is 5.56 Å².